The Morgan fingerprint density at radius 1 is 1.44 bits per heavy atom. The highest BCUT2D eigenvalue weighted by Crippen LogP contribution is 2.30. The minimum absolute atomic E-state index is 0.0220. The minimum atomic E-state index is -0.947. The van der Waals surface area contributed by atoms with Gasteiger partial charge in [-0.05, 0) is 12.8 Å². The first-order valence-corrected chi connectivity index (χ1v) is 6.79. The zero-order chi connectivity index (χ0) is 13.6. The molecule has 0 aliphatic carbocycles. The minimum Gasteiger partial charge on any atom is -0.481 e. The third kappa shape index (κ3) is 3.53. The Hall–Kier alpha value is -1.43. The van der Waals surface area contributed by atoms with Crippen molar-refractivity contribution in [1.82, 2.24) is 10.3 Å². The highest BCUT2D eigenvalue weighted by Gasteiger charge is 2.36. The van der Waals surface area contributed by atoms with E-state index >= 15 is 0 Å². The van der Waals surface area contributed by atoms with Crippen LogP contribution in [0.4, 0.5) is 0 Å². The van der Waals surface area contributed by atoms with Crippen LogP contribution in [-0.4, -0.2) is 22.0 Å². The van der Waals surface area contributed by atoms with Gasteiger partial charge < -0.3 is 10.4 Å². The van der Waals surface area contributed by atoms with Crippen LogP contribution >= 0.6 is 11.3 Å². The maximum Gasteiger partial charge on any atom is 0.310 e. The van der Waals surface area contributed by atoms with Crippen LogP contribution in [0.2, 0.25) is 0 Å². The fourth-order valence-corrected chi connectivity index (χ4v) is 2.30. The predicted octanol–water partition coefficient (Wildman–Crippen LogP) is 2.04. The Bertz CT molecular complexity index is 399. The number of aromatic nitrogens is 1. The van der Waals surface area contributed by atoms with Crippen molar-refractivity contribution in [3.63, 3.8) is 0 Å². The van der Waals surface area contributed by atoms with Crippen LogP contribution < -0.4 is 5.32 Å². The maximum atomic E-state index is 11.8. The molecule has 1 aromatic heterocycles. The van der Waals surface area contributed by atoms with E-state index in [0.29, 0.717) is 19.4 Å². The number of carboxylic acid groups (broad SMARTS) is 1. The molecule has 1 rings (SSSR count). The van der Waals surface area contributed by atoms with Crippen molar-refractivity contribution < 1.29 is 14.7 Å². The number of nitrogens with zero attached hydrogens (tertiary/aromatic N) is 1. The molecule has 0 unspecified atom stereocenters. The fraction of sp³-hybridized carbons (Fsp3) is 0.583. The summed E-state index contributed by atoms with van der Waals surface area (Å²) < 4.78 is 0. The molecule has 2 N–H and O–H groups in total. The van der Waals surface area contributed by atoms with Crippen LogP contribution in [0.25, 0.3) is 0 Å². The Morgan fingerprint density at radius 2 is 2.11 bits per heavy atom. The summed E-state index contributed by atoms with van der Waals surface area (Å²) in [7, 11) is 0. The molecule has 0 spiro atoms. The van der Waals surface area contributed by atoms with Crippen LogP contribution in [-0.2, 0) is 16.1 Å². The SMILES string of the molecule is CCC(CC)(CC(=O)NCc1cncs1)C(=O)O. The Kier molecular flexibility index (Phi) is 5.27. The molecule has 18 heavy (non-hydrogen) atoms. The molecule has 6 heteroatoms. The number of thiazole rings is 1. The zero-order valence-electron chi connectivity index (χ0n) is 10.6. The number of carboxylic acids is 1. The standard InChI is InChI=1S/C12H18N2O3S/c1-3-12(4-2,11(16)17)5-10(15)14-7-9-6-13-8-18-9/h6,8H,3-5,7H2,1-2H3,(H,14,15)(H,16,17). The number of hydrogen-bond donors (Lipinski definition) is 2. The molecule has 0 saturated carbocycles. The van der Waals surface area contributed by atoms with Crippen LogP contribution in [0, 0.1) is 5.41 Å². The van der Waals surface area contributed by atoms with E-state index in [4.69, 9.17) is 0 Å². The molecule has 0 aliphatic rings. The number of carbonyl (C=O) groups excluding carboxylic acids is 1. The first-order valence-electron chi connectivity index (χ1n) is 5.91. The van der Waals surface area contributed by atoms with Crippen LogP contribution in [0.15, 0.2) is 11.7 Å². The normalized spacial score (nSPS) is 11.2. The molecule has 0 fully saturated rings. The first kappa shape index (κ1) is 14.6. The van der Waals surface area contributed by atoms with Gasteiger partial charge in [0.1, 0.15) is 0 Å². The Balaban J connectivity index is 2.54. The molecule has 0 aliphatic heterocycles. The number of rotatable bonds is 7. The largest absolute Gasteiger partial charge is 0.481 e. The number of amides is 1. The van der Waals surface area contributed by atoms with Crippen LogP contribution in [0.1, 0.15) is 38.0 Å². The highest BCUT2D eigenvalue weighted by atomic mass is 32.1. The number of nitrogens with one attached hydrogen (secondary N) is 1. The van der Waals surface area contributed by atoms with Gasteiger partial charge in [-0.25, -0.2) is 0 Å². The van der Waals surface area contributed by atoms with Gasteiger partial charge in [0.25, 0.3) is 0 Å². The van der Waals surface area contributed by atoms with Gasteiger partial charge in [0.15, 0.2) is 0 Å². The molecule has 0 saturated heterocycles. The van der Waals surface area contributed by atoms with E-state index in [9.17, 15) is 14.7 Å². The second-order valence-electron chi connectivity index (χ2n) is 4.21. The van der Waals surface area contributed by atoms with E-state index in [1.54, 1.807) is 25.6 Å². The van der Waals surface area contributed by atoms with Crippen molar-refractivity contribution in [3.05, 3.63) is 16.6 Å². The van der Waals surface area contributed by atoms with Gasteiger partial charge >= 0.3 is 5.97 Å². The van der Waals surface area contributed by atoms with Crippen molar-refractivity contribution in [3.8, 4) is 0 Å². The predicted molar refractivity (Wildman–Crippen MR) is 69.2 cm³/mol. The van der Waals surface area contributed by atoms with Crippen molar-refractivity contribution in [2.24, 2.45) is 5.41 Å². The van der Waals surface area contributed by atoms with Gasteiger partial charge in [0.05, 0.1) is 17.5 Å². The molecule has 0 aromatic carbocycles. The molecule has 0 radical (unpaired) electrons. The van der Waals surface area contributed by atoms with E-state index in [-0.39, 0.29) is 12.3 Å². The van der Waals surface area contributed by atoms with Crippen molar-refractivity contribution in [2.45, 2.75) is 39.7 Å². The van der Waals surface area contributed by atoms with Gasteiger partial charge in [-0.1, -0.05) is 13.8 Å². The second-order valence-corrected chi connectivity index (χ2v) is 5.18. The summed E-state index contributed by atoms with van der Waals surface area (Å²) in [5, 5.41) is 12.0. The molecule has 0 atom stereocenters. The Labute approximate surface area is 110 Å². The lowest BCUT2D eigenvalue weighted by molar-refractivity contribution is -0.152. The van der Waals surface area contributed by atoms with Crippen molar-refractivity contribution in [1.29, 1.82) is 0 Å². The van der Waals surface area contributed by atoms with Gasteiger partial charge in [-0.15, -0.1) is 11.3 Å². The van der Waals surface area contributed by atoms with Gasteiger partial charge in [-0.3, -0.25) is 14.6 Å². The average Bonchev–Trinajstić information content (AvgIpc) is 2.86. The lowest BCUT2D eigenvalue weighted by Crippen LogP contribution is -2.36. The third-order valence-corrected chi connectivity index (χ3v) is 4.03. The molecule has 1 aromatic rings. The van der Waals surface area contributed by atoms with Crippen molar-refractivity contribution >= 4 is 23.2 Å². The smallest absolute Gasteiger partial charge is 0.310 e. The number of hydrogen-bond acceptors (Lipinski definition) is 4. The van der Waals surface area contributed by atoms with Gasteiger partial charge in [-0.2, -0.15) is 0 Å². The molecular formula is C12H18N2O3S. The van der Waals surface area contributed by atoms with E-state index in [0.717, 1.165) is 4.88 Å². The summed E-state index contributed by atoms with van der Waals surface area (Å²) in [6.45, 7) is 4.01. The lowest BCUT2D eigenvalue weighted by atomic mass is 9.79. The summed E-state index contributed by atoms with van der Waals surface area (Å²) in [5.74, 6) is -1.13. The topological polar surface area (TPSA) is 79.3 Å². The number of aliphatic carboxylic acids is 1. The summed E-state index contributed by atoms with van der Waals surface area (Å²) >= 11 is 1.46. The number of carbonyl (C=O) groups is 2. The summed E-state index contributed by atoms with van der Waals surface area (Å²) in [6, 6.07) is 0. The van der Waals surface area contributed by atoms with Gasteiger partial charge in [0, 0.05) is 17.5 Å². The first-order chi connectivity index (χ1) is 8.54. The molecule has 100 valence electrons. The summed E-state index contributed by atoms with van der Waals surface area (Å²) in [4.78, 5) is 27.9. The average molecular weight is 270 g/mol. The van der Waals surface area contributed by atoms with E-state index in [1.807, 2.05) is 0 Å². The van der Waals surface area contributed by atoms with Gasteiger partial charge in [0.2, 0.25) is 5.91 Å². The van der Waals surface area contributed by atoms with E-state index in [2.05, 4.69) is 10.3 Å². The molecule has 0 bridgehead atoms. The monoisotopic (exact) mass is 270 g/mol. The third-order valence-electron chi connectivity index (χ3n) is 3.25. The zero-order valence-corrected chi connectivity index (χ0v) is 11.4. The van der Waals surface area contributed by atoms with Crippen LogP contribution in [0.3, 0.4) is 0 Å². The highest BCUT2D eigenvalue weighted by molar-refractivity contribution is 7.09. The van der Waals surface area contributed by atoms with E-state index < -0.39 is 11.4 Å². The molecule has 1 heterocycles. The lowest BCUT2D eigenvalue weighted by Gasteiger charge is -2.25. The molecular weight excluding hydrogens is 252 g/mol. The molecule has 1 amide bonds. The Morgan fingerprint density at radius 3 is 2.56 bits per heavy atom. The summed E-state index contributed by atoms with van der Waals surface area (Å²) in [5.41, 5.74) is 0.749. The molecule has 5 nitrogen and oxygen atoms in total. The van der Waals surface area contributed by atoms with Crippen molar-refractivity contribution in [2.75, 3.05) is 0 Å². The maximum absolute atomic E-state index is 11.8. The van der Waals surface area contributed by atoms with E-state index in [1.165, 1.54) is 11.3 Å². The fourth-order valence-electron chi connectivity index (χ4n) is 1.76. The summed E-state index contributed by atoms with van der Waals surface area (Å²) in [6.07, 6.45) is 2.61. The van der Waals surface area contributed by atoms with Crippen LogP contribution in [0.5, 0.6) is 0 Å². The second kappa shape index (κ2) is 6.49. The quantitative estimate of drug-likeness (QED) is 0.794.